The fraction of sp³-hybridized carbons (Fsp3) is 0.889. The van der Waals surface area contributed by atoms with Crippen molar-refractivity contribution in [2.24, 2.45) is 0 Å². The molecule has 1 aromatic rings. The molecule has 0 bridgehead atoms. The van der Waals surface area contributed by atoms with Gasteiger partial charge in [0.25, 0.3) is 0 Å². The molecule has 104 valence electrons. The van der Waals surface area contributed by atoms with Crippen molar-refractivity contribution in [3.05, 3.63) is 0 Å². The zero-order valence-electron chi connectivity index (χ0n) is 10.2. The van der Waals surface area contributed by atoms with Crippen LogP contribution in [0.5, 0.6) is 0 Å². The van der Waals surface area contributed by atoms with Crippen molar-refractivity contribution >= 4 is 11.8 Å². The number of thioether (sulfide) groups is 1. The second-order valence-electron chi connectivity index (χ2n) is 4.01. The van der Waals surface area contributed by atoms with Crippen LogP contribution >= 0.6 is 11.8 Å². The summed E-state index contributed by atoms with van der Waals surface area (Å²) in [6.45, 7) is 5.24. The molecule has 0 fully saturated rings. The van der Waals surface area contributed by atoms with Crippen molar-refractivity contribution in [2.75, 3.05) is 12.3 Å². The number of rotatable bonds is 7. The van der Waals surface area contributed by atoms with Crippen LogP contribution in [0.1, 0.15) is 20.3 Å². The molecule has 1 N–H and O–H groups in total. The van der Waals surface area contributed by atoms with E-state index >= 15 is 0 Å². The maximum Gasteiger partial charge on any atom is 0.389 e. The third kappa shape index (κ3) is 6.20. The molecule has 1 aromatic heterocycles. The molecule has 1 heterocycles. The van der Waals surface area contributed by atoms with E-state index in [1.54, 1.807) is 0 Å². The number of nitrogens with zero attached hydrogens (tertiary/aromatic N) is 4. The van der Waals surface area contributed by atoms with Crippen LogP contribution in [0.3, 0.4) is 0 Å². The molecule has 0 spiro atoms. The lowest BCUT2D eigenvalue weighted by molar-refractivity contribution is -0.129. The smallest absolute Gasteiger partial charge is 0.313 e. The maximum absolute atomic E-state index is 12.0. The molecule has 0 amide bonds. The average Bonchev–Trinajstić information content (AvgIpc) is 2.63. The molecule has 0 radical (unpaired) electrons. The Morgan fingerprint density at radius 3 is 2.72 bits per heavy atom. The molecule has 0 aromatic carbocycles. The zero-order valence-corrected chi connectivity index (χ0v) is 11.1. The first kappa shape index (κ1) is 15.2. The van der Waals surface area contributed by atoms with Gasteiger partial charge in [-0.05, 0) is 10.4 Å². The molecule has 5 nitrogen and oxygen atoms in total. The number of hydrogen-bond donors (Lipinski definition) is 1. The van der Waals surface area contributed by atoms with E-state index in [4.69, 9.17) is 0 Å². The third-order valence-electron chi connectivity index (χ3n) is 1.99. The Kier molecular flexibility index (Phi) is 5.86. The molecule has 18 heavy (non-hydrogen) atoms. The van der Waals surface area contributed by atoms with Crippen molar-refractivity contribution in [3.8, 4) is 0 Å². The van der Waals surface area contributed by atoms with Gasteiger partial charge >= 0.3 is 6.18 Å². The van der Waals surface area contributed by atoms with Gasteiger partial charge in [-0.15, -0.1) is 5.10 Å². The van der Waals surface area contributed by atoms with Crippen LogP contribution in [0.4, 0.5) is 13.2 Å². The van der Waals surface area contributed by atoms with Gasteiger partial charge in [0.2, 0.25) is 5.16 Å². The van der Waals surface area contributed by atoms with Crippen LogP contribution in [0, 0.1) is 0 Å². The summed E-state index contributed by atoms with van der Waals surface area (Å²) in [7, 11) is 0. The lowest BCUT2D eigenvalue weighted by atomic mass is 10.4. The van der Waals surface area contributed by atoms with E-state index in [0.717, 1.165) is 11.8 Å². The highest BCUT2D eigenvalue weighted by molar-refractivity contribution is 7.99. The molecule has 0 aliphatic carbocycles. The van der Waals surface area contributed by atoms with Gasteiger partial charge in [-0.25, -0.2) is 4.68 Å². The summed E-state index contributed by atoms with van der Waals surface area (Å²) in [6.07, 6.45) is -4.97. The van der Waals surface area contributed by atoms with Gasteiger partial charge in [-0.2, -0.15) is 13.2 Å². The first-order chi connectivity index (χ1) is 8.38. The van der Waals surface area contributed by atoms with E-state index in [0.29, 0.717) is 24.3 Å². The van der Waals surface area contributed by atoms with Crippen LogP contribution in [0.25, 0.3) is 0 Å². The van der Waals surface area contributed by atoms with Gasteiger partial charge < -0.3 is 5.32 Å². The summed E-state index contributed by atoms with van der Waals surface area (Å²) >= 11 is 1.02. The van der Waals surface area contributed by atoms with Crippen LogP contribution in [-0.4, -0.2) is 44.7 Å². The number of halogens is 3. The number of alkyl halides is 3. The Balaban J connectivity index is 2.35. The first-order valence-electron chi connectivity index (χ1n) is 5.57. The minimum Gasteiger partial charge on any atom is -0.313 e. The molecule has 0 atom stereocenters. The molecular formula is C9H16F3N5S. The van der Waals surface area contributed by atoms with Gasteiger partial charge in [0.1, 0.15) is 0 Å². The van der Waals surface area contributed by atoms with Crippen molar-refractivity contribution in [3.63, 3.8) is 0 Å². The summed E-state index contributed by atoms with van der Waals surface area (Å²) < 4.78 is 37.5. The second kappa shape index (κ2) is 6.93. The van der Waals surface area contributed by atoms with Crippen molar-refractivity contribution in [1.82, 2.24) is 25.5 Å². The largest absolute Gasteiger partial charge is 0.389 e. The Labute approximate surface area is 108 Å². The van der Waals surface area contributed by atoms with E-state index in [1.807, 2.05) is 13.8 Å². The van der Waals surface area contributed by atoms with Crippen LogP contribution in [0.2, 0.25) is 0 Å². The van der Waals surface area contributed by atoms with Gasteiger partial charge in [0.15, 0.2) is 0 Å². The van der Waals surface area contributed by atoms with Crippen LogP contribution < -0.4 is 5.32 Å². The van der Waals surface area contributed by atoms with Gasteiger partial charge in [-0.1, -0.05) is 25.6 Å². The highest BCUT2D eigenvalue weighted by Crippen LogP contribution is 2.24. The Bertz CT molecular complexity index is 352. The summed E-state index contributed by atoms with van der Waals surface area (Å²) in [5, 5.41) is 14.5. The standard InChI is InChI=1S/C9H16F3N5S/c1-7(2)13-4-5-17-8(14-15-16-17)18-6-3-9(10,11)12/h7,13H,3-6H2,1-2H3. The van der Waals surface area contributed by atoms with Gasteiger partial charge in [0.05, 0.1) is 13.0 Å². The average molecular weight is 283 g/mol. The predicted molar refractivity (Wildman–Crippen MR) is 62.4 cm³/mol. The fourth-order valence-corrected chi connectivity index (χ4v) is 2.04. The van der Waals surface area contributed by atoms with E-state index < -0.39 is 12.6 Å². The molecule has 9 heteroatoms. The van der Waals surface area contributed by atoms with Crippen molar-refractivity contribution in [2.45, 2.75) is 44.2 Å². The Hall–Kier alpha value is -0.830. The van der Waals surface area contributed by atoms with Gasteiger partial charge in [-0.3, -0.25) is 0 Å². The predicted octanol–water partition coefficient (Wildman–Crippen LogP) is 1.72. The molecule has 0 aliphatic rings. The van der Waals surface area contributed by atoms with E-state index in [2.05, 4.69) is 20.8 Å². The molecular weight excluding hydrogens is 267 g/mol. The lowest BCUT2D eigenvalue weighted by Gasteiger charge is -2.09. The maximum atomic E-state index is 12.0. The highest BCUT2D eigenvalue weighted by Gasteiger charge is 2.26. The van der Waals surface area contributed by atoms with E-state index in [9.17, 15) is 13.2 Å². The summed E-state index contributed by atoms with van der Waals surface area (Å²) in [5.74, 6) is -0.0680. The normalized spacial score (nSPS) is 12.3. The minimum atomic E-state index is -4.13. The van der Waals surface area contributed by atoms with Crippen LogP contribution in [0.15, 0.2) is 5.16 Å². The Morgan fingerprint density at radius 1 is 1.39 bits per heavy atom. The third-order valence-corrected chi connectivity index (χ3v) is 2.95. The molecule has 0 saturated heterocycles. The second-order valence-corrected chi connectivity index (χ2v) is 5.07. The first-order valence-corrected chi connectivity index (χ1v) is 6.56. The Morgan fingerprint density at radius 2 is 2.11 bits per heavy atom. The highest BCUT2D eigenvalue weighted by atomic mass is 32.2. The number of nitrogens with one attached hydrogen (secondary N) is 1. The topological polar surface area (TPSA) is 55.6 Å². The molecule has 1 rings (SSSR count). The summed E-state index contributed by atoms with van der Waals surface area (Å²) in [5.41, 5.74) is 0. The van der Waals surface area contributed by atoms with Crippen molar-refractivity contribution < 1.29 is 13.2 Å². The van der Waals surface area contributed by atoms with E-state index in [1.165, 1.54) is 4.68 Å². The lowest BCUT2D eigenvalue weighted by Crippen LogP contribution is -2.27. The minimum absolute atomic E-state index is 0.0680. The summed E-state index contributed by atoms with van der Waals surface area (Å²) in [6, 6.07) is 0.350. The van der Waals surface area contributed by atoms with Crippen molar-refractivity contribution in [1.29, 1.82) is 0 Å². The number of hydrogen-bond acceptors (Lipinski definition) is 5. The monoisotopic (exact) mass is 283 g/mol. The molecule has 0 aliphatic heterocycles. The fourth-order valence-electron chi connectivity index (χ4n) is 1.16. The van der Waals surface area contributed by atoms with E-state index in [-0.39, 0.29) is 5.75 Å². The van der Waals surface area contributed by atoms with Crippen LogP contribution in [-0.2, 0) is 6.54 Å². The molecule has 0 saturated carbocycles. The summed E-state index contributed by atoms with van der Waals surface area (Å²) in [4.78, 5) is 0. The quantitative estimate of drug-likeness (QED) is 0.772. The number of tetrazole rings is 1. The van der Waals surface area contributed by atoms with Gasteiger partial charge in [0, 0.05) is 18.3 Å². The molecule has 0 unspecified atom stereocenters. The number of aromatic nitrogens is 4. The SMILES string of the molecule is CC(C)NCCn1nnnc1SCCC(F)(F)F. The zero-order chi connectivity index (χ0) is 13.6.